The van der Waals surface area contributed by atoms with Gasteiger partial charge in [0.25, 0.3) is 0 Å². The molecule has 0 saturated heterocycles. The van der Waals surface area contributed by atoms with Crippen molar-refractivity contribution in [2.24, 2.45) is 0 Å². The van der Waals surface area contributed by atoms with E-state index in [1.165, 1.54) is 12.1 Å². The van der Waals surface area contributed by atoms with Crippen molar-refractivity contribution in [2.45, 2.75) is 30.7 Å². The van der Waals surface area contributed by atoms with E-state index in [0.29, 0.717) is 13.0 Å². The van der Waals surface area contributed by atoms with E-state index in [1.807, 2.05) is 54.6 Å². The normalized spacial score (nSPS) is 12.1. The van der Waals surface area contributed by atoms with E-state index in [9.17, 15) is 13.2 Å². The van der Waals surface area contributed by atoms with E-state index in [1.54, 1.807) is 20.1 Å². The van der Waals surface area contributed by atoms with Crippen LogP contribution in [-0.4, -0.2) is 40.6 Å². The van der Waals surface area contributed by atoms with Crippen LogP contribution in [0.25, 0.3) is 0 Å². The molecule has 0 aliphatic rings. The molecule has 0 heterocycles. The molecule has 3 rings (SSSR count). The molecule has 2 N–H and O–H groups in total. The van der Waals surface area contributed by atoms with Crippen LogP contribution in [0.1, 0.15) is 18.1 Å². The molecule has 0 fully saturated rings. The Labute approximate surface area is 211 Å². The predicted molar refractivity (Wildman–Crippen MR) is 137 cm³/mol. The standard InChI is InChI=1S/C26H29ClN2O5S/c1-3-34-24-14-11-21(27)18-25(24)35(31,32)29-23(17-20-7-5-4-6-8-20)26(30)28-16-15-19-9-12-22(33-2)13-10-19/h4-14,18,23,29H,3,15-17H2,1-2H3,(H,28,30). The van der Waals surface area contributed by atoms with Crippen LogP contribution in [0.4, 0.5) is 0 Å². The molecule has 0 radical (unpaired) electrons. The number of amides is 1. The van der Waals surface area contributed by atoms with Gasteiger partial charge in [0.05, 0.1) is 13.7 Å². The van der Waals surface area contributed by atoms with Crippen LogP contribution >= 0.6 is 11.6 Å². The Hall–Kier alpha value is -3.07. The van der Waals surface area contributed by atoms with Gasteiger partial charge in [0.15, 0.2) is 0 Å². The Morgan fingerprint density at radius 1 is 1.00 bits per heavy atom. The second kappa shape index (κ2) is 12.6. The highest BCUT2D eigenvalue weighted by atomic mass is 35.5. The molecule has 35 heavy (non-hydrogen) atoms. The van der Waals surface area contributed by atoms with Crippen LogP contribution in [0.15, 0.2) is 77.7 Å². The first kappa shape index (κ1) is 26.5. The lowest BCUT2D eigenvalue weighted by Gasteiger charge is -2.20. The highest BCUT2D eigenvalue weighted by molar-refractivity contribution is 7.89. The third-order valence-corrected chi connectivity index (χ3v) is 6.99. The molecule has 0 aromatic heterocycles. The van der Waals surface area contributed by atoms with E-state index in [-0.39, 0.29) is 28.7 Å². The van der Waals surface area contributed by atoms with Crippen LogP contribution in [0.5, 0.6) is 11.5 Å². The lowest BCUT2D eigenvalue weighted by molar-refractivity contribution is -0.122. The summed E-state index contributed by atoms with van der Waals surface area (Å²) >= 11 is 6.06. The third kappa shape index (κ3) is 7.71. The predicted octanol–water partition coefficient (Wildman–Crippen LogP) is 4.00. The average molecular weight is 517 g/mol. The first-order chi connectivity index (χ1) is 16.8. The molecule has 0 aliphatic heterocycles. The van der Waals surface area contributed by atoms with E-state index in [4.69, 9.17) is 21.1 Å². The minimum Gasteiger partial charge on any atom is -0.497 e. The monoisotopic (exact) mass is 516 g/mol. The number of nitrogens with one attached hydrogen (secondary N) is 2. The summed E-state index contributed by atoms with van der Waals surface area (Å²) in [4.78, 5) is 13.0. The van der Waals surface area contributed by atoms with Crippen molar-refractivity contribution in [3.63, 3.8) is 0 Å². The summed E-state index contributed by atoms with van der Waals surface area (Å²) in [6, 6.07) is 20.1. The molecule has 7 nitrogen and oxygen atoms in total. The average Bonchev–Trinajstić information content (AvgIpc) is 2.85. The highest BCUT2D eigenvalue weighted by Crippen LogP contribution is 2.27. The van der Waals surface area contributed by atoms with Gasteiger partial charge < -0.3 is 14.8 Å². The largest absolute Gasteiger partial charge is 0.497 e. The van der Waals surface area contributed by atoms with Crippen LogP contribution in [-0.2, 0) is 27.7 Å². The molecule has 0 saturated carbocycles. The van der Waals surface area contributed by atoms with Crippen molar-refractivity contribution in [1.29, 1.82) is 0 Å². The number of methoxy groups -OCH3 is 1. The Morgan fingerprint density at radius 2 is 1.71 bits per heavy atom. The molecule has 1 atom stereocenters. The van der Waals surface area contributed by atoms with Crippen LogP contribution in [0, 0.1) is 0 Å². The van der Waals surface area contributed by atoms with Crippen molar-refractivity contribution in [3.05, 3.63) is 88.9 Å². The van der Waals surface area contributed by atoms with Gasteiger partial charge in [-0.25, -0.2) is 8.42 Å². The number of hydrogen-bond acceptors (Lipinski definition) is 5. The van der Waals surface area contributed by atoms with Gasteiger partial charge in [0.2, 0.25) is 15.9 Å². The topological polar surface area (TPSA) is 93.7 Å². The lowest BCUT2D eigenvalue weighted by Crippen LogP contribution is -2.48. The zero-order valence-corrected chi connectivity index (χ0v) is 21.2. The van der Waals surface area contributed by atoms with Gasteiger partial charge in [-0.3, -0.25) is 4.79 Å². The number of carbonyl (C=O) groups excluding carboxylic acids is 1. The molecule has 1 unspecified atom stereocenters. The number of rotatable bonds is 12. The highest BCUT2D eigenvalue weighted by Gasteiger charge is 2.28. The number of halogens is 1. The SMILES string of the molecule is CCOc1ccc(Cl)cc1S(=O)(=O)NC(Cc1ccccc1)C(=O)NCCc1ccc(OC)cc1. The fourth-order valence-corrected chi connectivity index (χ4v) is 5.10. The Balaban J connectivity index is 1.77. The number of carbonyl (C=O) groups is 1. The van der Waals surface area contributed by atoms with Gasteiger partial charge in [0, 0.05) is 11.6 Å². The molecule has 0 aliphatic carbocycles. The molecule has 3 aromatic carbocycles. The minimum absolute atomic E-state index is 0.115. The third-order valence-electron chi connectivity index (χ3n) is 5.26. The molecular weight excluding hydrogens is 488 g/mol. The molecule has 9 heteroatoms. The van der Waals surface area contributed by atoms with Crippen molar-refractivity contribution >= 4 is 27.5 Å². The first-order valence-electron chi connectivity index (χ1n) is 11.2. The first-order valence-corrected chi connectivity index (χ1v) is 13.1. The van der Waals surface area contributed by atoms with Gasteiger partial charge >= 0.3 is 0 Å². The number of ether oxygens (including phenoxy) is 2. The van der Waals surface area contributed by atoms with Gasteiger partial charge in [0.1, 0.15) is 22.4 Å². The molecule has 0 spiro atoms. The maximum absolute atomic E-state index is 13.3. The maximum atomic E-state index is 13.3. The molecule has 1 amide bonds. The molecular formula is C26H29ClN2O5S. The van der Waals surface area contributed by atoms with Crippen LogP contribution < -0.4 is 19.5 Å². The molecule has 0 bridgehead atoms. The van der Waals surface area contributed by atoms with Crippen molar-refractivity contribution in [2.75, 3.05) is 20.3 Å². The van der Waals surface area contributed by atoms with Crippen molar-refractivity contribution in [1.82, 2.24) is 10.0 Å². The molecule has 3 aromatic rings. The zero-order chi connectivity index (χ0) is 25.3. The van der Waals surface area contributed by atoms with E-state index in [0.717, 1.165) is 16.9 Å². The van der Waals surface area contributed by atoms with Crippen molar-refractivity contribution in [3.8, 4) is 11.5 Å². The van der Waals surface area contributed by atoms with E-state index < -0.39 is 22.0 Å². The Bertz CT molecular complexity index is 1220. The summed E-state index contributed by atoms with van der Waals surface area (Å²) in [5, 5.41) is 3.10. The quantitative estimate of drug-likeness (QED) is 0.379. The second-order valence-electron chi connectivity index (χ2n) is 7.78. The van der Waals surface area contributed by atoms with Gasteiger partial charge in [-0.2, -0.15) is 4.72 Å². The number of hydrogen-bond donors (Lipinski definition) is 2. The van der Waals surface area contributed by atoms with Crippen LogP contribution in [0.3, 0.4) is 0 Å². The Morgan fingerprint density at radius 3 is 2.37 bits per heavy atom. The summed E-state index contributed by atoms with van der Waals surface area (Å²) in [7, 11) is -2.52. The summed E-state index contributed by atoms with van der Waals surface area (Å²) < 4.78 is 39.8. The maximum Gasteiger partial charge on any atom is 0.245 e. The molecule has 186 valence electrons. The summed E-state index contributed by atoms with van der Waals surface area (Å²) in [5.41, 5.74) is 1.84. The summed E-state index contributed by atoms with van der Waals surface area (Å²) in [6.07, 6.45) is 0.766. The fourth-order valence-electron chi connectivity index (χ4n) is 3.50. The summed E-state index contributed by atoms with van der Waals surface area (Å²) in [5.74, 6) is 0.497. The van der Waals surface area contributed by atoms with E-state index >= 15 is 0 Å². The Kier molecular flexibility index (Phi) is 9.54. The minimum atomic E-state index is -4.12. The fraction of sp³-hybridized carbons (Fsp3) is 0.269. The number of benzene rings is 3. The second-order valence-corrected chi connectivity index (χ2v) is 9.90. The van der Waals surface area contributed by atoms with Crippen LogP contribution in [0.2, 0.25) is 5.02 Å². The van der Waals surface area contributed by atoms with Gasteiger partial charge in [-0.05, 0) is 61.2 Å². The lowest BCUT2D eigenvalue weighted by atomic mass is 10.1. The summed E-state index contributed by atoms with van der Waals surface area (Å²) in [6.45, 7) is 2.38. The van der Waals surface area contributed by atoms with Gasteiger partial charge in [-0.1, -0.05) is 54.1 Å². The van der Waals surface area contributed by atoms with Crippen molar-refractivity contribution < 1.29 is 22.7 Å². The van der Waals surface area contributed by atoms with E-state index in [2.05, 4.69) is 10.0 Å². The van der Waals surface area contributed by atoms with Gasteiger partial charge in [-0.15, -0.1) is 0 Å². The smallest absolute Gasteiger partial charge is 0.245 e. The zero-order valence-electron chi connectivity index (χ0n) is 19.7. The number of sulfonamides is 1.